The van der Waals surface area contributed by atoms with Gasteiger partial charge in [0.05, 0.1) is 6.61 Å². The molecule has 0 aliphatic carbocycles. The molecule has 0 saturated heterocycles. The number of hydrogen-bond acceptors (Lipinski definition) is 5. The Kier molecular flexibility index (Phi) is 4.80. The Bertz CT molecular complexity index is 521. The van der Waals surface area contributed by atoms with Crippen LogP contribution < -0.4 is 15.8 Å². The molecule has 0 fully saturated rings. The molecule has 2 rings (SSSR count). The van der Waals surface area contributed by atoms with E-state index < -0.39 is 0 Å². The van der Waals surface area contributed by atoms with Gasteiger partial charge < -0.3 is 15.8 Å². The topological polar surface area (TPSA) is 73.1 Å². The minimum absolute atomic E-state index is 0.262. The first-order chi connectivity index (χ1) is 9.27. The highest BCUT2D eigenvalue weighted by molar-refractivity contribution is 6.32. The summed E-state index contributed by atoms with van der Waals surface area (Å²) in [5.41, 5.74) is 6.11. The fourth-order valence-corrected chi connectivity index (χ4v) is 1.63. The highest BCUT2D eigenvalue weighted by atomic mass is 35.5. The molecule has 3 N–H and O–H groups in total. The number of anilines is 2. The molecule has 19 heavy (non-hydrogen) atoms. The maximum atomic E-state index is 5.79. The van der Waals surface area contributed by atoms with Crippen LogP contribution >= 0.6 is 11.6 Å². The van der Waals surface area contributed by atoms with Crippen LogP contribution in [0, 0.1) is 0 Å². The molecule has 100 valence electrons. The molecule has 0 amide bonds. The molecule has 6 heteroatoms. The van der Waals surface area contributed by atoms with Crippen molar-refractivity contribution in [3.8, 4) is 5.75 Å². The average molecular weight is 279 g/mol. The van der Waals surface area contributed by atoms with E-state index in [-0.39, 0.29) is 5.15 Å². The van der Waals surface area contributed by atoms with E-state index >= 15 is 0 Å². The SMILES string of the molecule is Nc1c(Cl)ncnc1NCCCOc1ccccc1. The van der Waals surface area contributed by atoms with Gasteiger partial charge in [0.25, 0.3) is 0 Å². The van der Waals surface area contributed by atoms with Crippen molar-refractivity contribution in [2.45, 2.75) is 6.42 Å². The summed E-state index contributed by atoms with van der Waals surface area (Å²) in [7, 11) is 0. The largest absolute Gasteiger partial charge is 0.494 e. The van der Waals surface area contributed by atoms with E-state index in [0.29, 0.717) is 24.7 Å². The molecule has 1 aromatic carbocycles. The van der Waals surface area contributed by atoms with Crippen LogP contribution in [0.25, 0.3) is 0 Å². The monoisotopic (exact) mass is 278 g/mol. The zero-order valence-electron chi connectivity index (χ0n) is 10.3. The minimum atomic E-state index is 0.262. The van der Waals surface area contributed by atoms with Gasteiger partial charge in [0.15, 0.2) is 11.0 Å². The Labute approximate surface area is 116 Å². The van der Waals surface area contributed by atoms with Gasteiger partial charge in [0, 0.05) is 6.54 Å². The smallest absolute Gasteiger partial charge is 0.157 e. The Morgan fingerprint density at radius 3 is 2.79 bits per heavy atom. The second kappa shape index (κ2) is 6.80. The lowest BCUT2D eigenvalue weighted by molar-refractivity contribution is 0.315. The van der Waals surface area contributed by atoms with Crippen LogP contribution in [0.15, 0.2) is 36.7 Å². The summed E-state index contributed by atoms with van der Waals surface area (Å²) in [4.78, 5) is 7.81. The number of hydrogen-bond donors (Lipinski definition) is 2. The van der Waals surface area contributed by atoms with E-state index in [1.165, 1.54) is 6.33 Å². The number of nitrogen functional groups attached to an aromatic ring is 1. The first-order valence-electron chi connectivity index (χ1n) is 5.95. The number of rotatable bonds is 6. The summed E-state index contributed by atoms with van der Waals surface area (Å²) >= 11 is 5.79. The summed E-state index contributed by atoms with van der Waals surface area (Å²) in [6.07, 6.45) is 2.21. The Morgan fingerprint density at radius 1 is 1.21 bits per heavy atom. The van der Waals surface area contributed by atoms with Crippen molar-refractivity contribution in [3.05, 3.63) is 41.8 Å². The number of nitrogens with zero attached hydrogens (tertiary/aromatic N) is 2. The normalized spacial score (nSPS) is 10.2. The van der Waals surface area contributed by atoms with E-state index in [2.05, 4.69) is 15.3 Å². The predicted octanol–water partition coefficient (Wildman–Crippen LogP) is 2.59. The summed E-state index contributed by atoms with van der Waals surface area (Å²) in [6, 6.07) is 9.69. The fourth-order valence-electron chi connectivity index (χ4n) is 1.50. The number of halogens is 1. The van der Waals surface area contributed by atoms with Crippen molar-refractivity contribution in [1.29, 1.82) is 0 Å². The molecule has 0 unspecified atom stereocenters. The molecule has 0 radical (unpaired) electrons. The van der Waals surface area contributed by atoms with Crippen LogP contribution in [-0.2, 0) is 0 Å². The first kappa shape index (κ1) is 13.4. The summed E-state index contributed by atoms with van der Waals surface area (Å²) in [5, 5.41) is 3.36. The molecule has 0 bridgehead atoms. The van der Waals surface area contributed by atoms with Crippen LogP contribution in [-0.4, -0.2) is 23.1 Å². The molecule has 1 heterocycles. The van der Waals surface area contributed by atoms with Crippen LogP contribution in [0.2, 0.25) is 5.15 Å². The second-order valence-electron chi connectivity index (χ2n) is 3.87. The van der Waals surface area contributed by atoms with Crippen molar-refractivity contribution in [2.75, 3.05) is 24.2 Å². The van der Waals surface area contributed by atoms with Crippen molar-refractivity contribution in [1.82, 2.24) is 9.97 Å². The van der Waals surface area contributed by atoms with Gasteiger partial charge in [-0.3, -0.25) is 0 Å². The molecule has 0 saturated carbocycles. The molecule has 0 atom stereocenters. The second-order valence-corrected chi connectivity index (χ2v) is 4.23. The third-order valence-corrected chi connectivity index (χ3v) is 2.76. The molecule has 0 spiro atoms. The van der Waals surface area contributed by atoms with Crippen LogP contribution in [0.4, 0.5) is 11.5 Å². The van der Waals surface area contributed by atoms with E-state index in [1.807, 2.05) is 30.3 Å². The first-order valence-corrected chi connectivity index (χ1v) is 6.33. The number of para-hydroxylation sites is 1. The summed E-state index contributed by atoms with van der Waals surface area (Å²) < 4.78 is 5.57. The third kappa shape index (κ3) is 3.99. The standard InChI is InChI=1S/C13H15ClN4O/c14-12-11(15)13(18-9-17-12)16-7-4-8-19-10-5-2-1-3-6-10/h1-3,5-6,9H,4,7-8,15H2,(H,16,17,18). The van der Waals surface area contributed by atoms with E-state index in [1.54, 1.807) is 0 Å². The number of aromatic nitrogens is 2. The molecule has 0 aliphatic rings. The highest BCUT2D eigenvalue weighted by Crippen LogP contribution is 2.21. The van der Waals surface area contributed by atoms with Crippen molar-refractivity contribution in [2.24, 2.45) is 0 Å². The van der Waals surface area contributed by atoms with Gasteiger partial charge in [-0.15, -0.1) is 0 Å². The Hall–Kier alpha value is -2.01. The highest BCUT2D eigenvalue weighted by Gasteiger charge is 2.04. The number of nitrogens with two attached hydrogens (primary N) is 1. The lowest BCUT2D eigenvalue weighted by Gasteiger charge is -2.09. The fraction of sp³-hybridized carbons (Fsp3) is 0.231. The molecular formula is C13H15ClN4O. The minimum Gasteiger partial charge on any atom is -0.494 e. The lowest BCUT2D eigenvalue weighted by Crippen LogP contribution is -2.10. The molecule has 1 aromatic heterocycles. The maximum Gasteiger partial charge on any atom is 0.157 e. The maximum absolute atomic E-state index is 5.79. The zero-order chi connectivity index (χ0) is 13.5. The molecule has 5 nitrogen and oxygen atoms in total. The third-order valence-electron chi connectivity index (χ3n) is 2.46. The van der Waals surface area contributed by atoms with E-state index in [4.69, 9.17) is 22.1 Å². The van der Waals surface area contributed by atoms with Crippen LogP contribution in [0.1, 0.15) is 6.42 Å². The lowest BCUT2D eigenvalue weighted by atomic mass is 10.3. The van der Waals surface area contributed by atoms with E-state index in [0.717, 1.165) is 12.2 Å². The van der Waals surface area contributed by atoms with Crippen molar-refractivity contribution < 1.29 is 4.74 Å². The zero-order valence-corrected chi connectivity index (χ0v) is 11.1. The number of benzene rings is 1. The van der Waals surface area contributed by atoms with Gasteiger partial charge in [-0.2, -0.15) is 0 Å². The van der Waals surface area contributed by atoms with Crippen LogP contribution in [0.5, 0.6) is 5.75 Å². The molecular weight excluding hydrogens is 264 g/mol. The Balaban J connectivity index is 1.71. The van der Waals surface area contributed by atoms with Gasteiger partial charge in [-0.1, -0.05) is 29.8 Å². The van der Waals surface area contributed by atoms with Gasteiger partial charge in [0.2, 0.25) is 0 Å². The van der Waals surface area contributed by atoms with Crippen molar-refractivity contribution in [3.63, 3.8) is 0 Å². The average Bonchev–Trinajstić information content (AvgIpc) is 2.44. The quantitative estimate of drug-likeness (QED) is 0.628. The molecule has 0 aliphatic heterocycles. The number of ether oxygens (including phenoxy) is 1. The summed E-state index contributed by atoms with van der Waals surface area (Å²) in [5.74, 6) is 1.42. The molecule has 2 aromatic rings. The van der Waals surface area contributed by atoms with Gasteiger partial charge >= 0.3 is 0 Å². The van der Waals surface area contributed by atoms with Gasteiger partial charge in [-0.25, -0.2) is 9.97 Å². The predicted molar refractivity (Wildman–Crippen MR) is 76.5 cm³/mol. The summed E-state index contributed by atoms with van der Waals surface area (Å²) in [6.45, 7) is 1.32. The van der Waals surface area contributed by atoms with Crippen molar-refractivity contribution >= 4 is 23.1 Å². The number of nitrogens with one attached hydrogen (secondary N) is 1. The van der Waals surface area contributed by atoms with E-state index in [9.17, 15) is 0 Å². The van der Waals surface area contributed by atoms with Gasteiger partial charge in [0.1, 0.15) is 17.8 Å². The van der Waals surface area contributed by atoms with Gasteiger partial charge in [-0.05, 0) is 18.6 Å². The van der Waals surface area contributed by atoms with Crippen LogP contribution in [0.3, 0.4) is 0 Å². The Morgan fingerprint density at radius 2 is 2.00 bits per heavy atom.